The number of fused-ring (bicyclic) bond motifs is 1. The van der Waals surface area contributed by atoms with Crippen LogP contribution in [0.15, 0.2) is 36.0 Å². The lowest BCUT2D eigenvalue weighted by Crippen LogP contribution is -2.24. The lowest BCUT2D eigenvalue weighted by molar-refractivity contribution is -0.132. The highest BCUT2D eigenvalue weighted by Gasteiger charge is 2.26. The molecular weight excluding hydrogens is 260 g/mol. The molecular formula is C13H12N4O3. The van der Waals surface area contributed by atoms with Gasteiger partial charge < -0.3 is 15.5 Å². The van der Waals surface area contributed by atoms with Gasteiger partial charge in [0.25, 0.3) is 0 Å². The zero-order chi connectivity index (χ0) is 14.3. The van der Waals surface area contributed by atoms with Crippen LogP contribution in [0.5, 0.6) is 5.75 Å². The average Bonchev–Trinajstić information content (AvgIpc) is 2.77. The molecule has 0 saturated heterocycles. The van der Waals surface area contributed by atoms with Gasteiger partial charge in [0.15, 0.2) is 0 Å². The molecule has 0 saturated carbocycles. The number of hydrogen-bond donors (Lipinski definition) is 3. The number of rotatable bonds is 2. The first kappa shape index (κ1) is 12.2. The second-order valence-electron chi connectivity index (χ2n) is 4.48. The van der Waals surface area contributed by atoms with Crippen LogP contribution < -0.4 is 5.32 Å². The van der Waals surface area contributed by atoms with Gasteiger partial charge in [-0.05, 0) is 30.7 Å². The molecule has 2 heterocycles. The number of anilines is 1. The van der Waals surface area contributed by atoms with Crippen molar-refractivity contribution in [3.05, 3.63) is 47.4 Å². The number of allylic oxidation sites excluding steroid dienone is 1. The lowest BCUT2D eigenvalue weighted by atomic mass is 10.0. The van der Waals surface area contributed by atoms with Crippen LogP contribution in [-0.2, 0) is 4.79 Å². The van der Waals surface area contributed by atoms with Gasteiger partial charge in [0, 0.05) is 0 Å². The Morgan fingerprint density at radius 1 is 1.45 bits per heavy atom. The Labute approximate surface area is 114 Å². The second kappa shape index (κ2) is 4.37. The molecule has 2 aromatic rings. The minimum Gasteiger partial charge on any atom is -0.508 e. The first-order valence-corrected chi connectivity index (χ1v) is 5.99. The number of aromatic nitrogens is 3. The summed E-state index contributed by atoms with van der Waals surface area (Å²) in [4.78, 5) is 15.3. The number of aryl methyl sites for hydroxylation is 1. The van der Waals surface area contributed by atoms with Crippen LogP contribution in [0.25, 0.3) is 0 Å². The monoisotopic (exact) mass is 272 g/mol. The summed E-state index contributed by atoms with van der Waals surface area (Å²) in [5.74, 6) is -0.0415. The molecule has 1 aromatic heterocycles. The van der Waals surface area contributed by atoms with Gasteiger partial charge in [-0.3, -0.25) is 0 Å². The molecule has 0 aliphatic carbocycles. The summed E-state index contributed by atoms with van der Waals surface area (Å²) in [6.07, 6.45) is 1.54. The molecule has 1 aliphatic rings. The Morgan fingerprint density at radius 2 is 2.25 bits per heavy atom. The van der Waals surface area contributed by atoms with E-state index in [0.717, 1.165) is 5.56 Å². The standard InChI is InChI=1S/C13H12N4O3/c1-7-14-13-15-10(12(19)20)6-11(17(13)16-7)8-3-2-4-9(18)5-8/h2-6,11,18H,1H3,(H,19,20)(H,14,15,16)/t11-/m0/s1. The fourth-order valence-corrected chi connectivity index (χ4v) is 2.17. The van der Waals surface area contributed by atoms with Crippen LogP contribution in [0.4, 0.5) is 5.95 Å². The van der Waals surface area contributed by atoms with Crippen LogP contribution >= 0.6 is 0 Å². The highest BCUT2D eigenvalue weighted by Crippen LogP contribution is 2.30. The molecule has 3 N–H and O–H groups in total. The number of aliphatic carboxylic acids is 1. The summed E-state index contributed by atoms with van der Waals surface area (Å²) < 4.78 is 1.59. The summed E-state index contributed by atoms with van der Waals surface area (Å²) in [7, 11) is 0. The molecule has 1 aromatic carbocycles. The quantitative estimate of drug-likeness (QED) is 0.761. The van der Waals surface area contributed by atoms with Crippen molar-refractivity contribution < 1.29 is 15.0 Å². The van der Waals surface area contributed by atoms with E-state index < -0.39 is 12.0 Å². The predicted molar refractivity (Wildman–Crippen MR) is 70.3 cm³/mol. The zero-order valence-electron chi connectivity index (χ0n) is 10.6. The van der Waals surface area contributed by atoms with E-state index in [1.165, 1.54) is 6.08 Å². The lowest BCUT2D eigenvalue weighted by Gasteiger charge is -2.22. The maximum absolute atomic E-state index is 11.2. The van der Waals surface area contributed by atoms with Crippen molar-refractivity contribution in [1.29, 1.82) is 0 Å². The Balaban J connectivity index is 2.14. The number of phenols is 1. The summed E-state index contributed by atoms with van der Waals surface area (Å²) in [5, 5.41) is 25.7. The number of nitrogens with one attached hydrogen (secondary N) is 1. The molecule has 0 fully saturated rings. The van der Waals surface area contributed by atoms with Gasteiger partial charge in [0.1, 0.15) is 23.3 Å². The highest BCUT2D eigenvalue weighted by atomic mass is 16.4. The first-order chi connectivity index (χ1) is 9.54. The van der Waals surface area contributed by atoms with Crippen molar-refractivity contribution in [3.63, 3.8) is 0 Å². The number of hydrogen-bond acceptors (Lipinski definition) is 5. The van der Waals surface area contributed by atoms with Gasteiger partial charge in [-0.1, -0.05) is 12.1 Å². The fraction of sp³-hybridized carbons (Fsp3) is 0.154. The molecule has 1 aliphatic heterocycles. The van der Waals surface area contributed by atoms with Gasteiger partial charge >= 0.3 is 5.97 Å². The van der Waals surface area contributed by atoms with Crippen molar-refractivity contribution in [2.75, 3.05) is 5.32 Å². The molecule has 20 heavy (non-hydrogen) atoms. The van der Waals surface area contributed by atoms with Crippen LogP contribution in [-0.4, -0.2) is 30.9 Å². The third-order valence-corrected chi connectivity index (χ3v) is 3.01. The van der Waals surface area contributed by atoms with Crippen molar-refractivity contribution >= 4 is 11.9 Å². The SMILES string of the molecule is Cc1nc2n(n1)[C@H](c1cccc(O)c1)C=C(C(=O)O)N2. The molecule has 3 rings (SSSR count). The number of nitrogens with zero attached hydrogens (tertiary/aromatic N) is 3. The number of carboxylic acid groups (broad SMARTS) is 1. The largest absolute Gasteiger partial charge is 0.508 e. The number of carboxylic acids is 1. The van der Waals surface area contributed by atoms with Gasteiger partial charge in [0.2, 0.25) is 5.95 Å². The van der Waals surface area contributed by atoms with E-state index in [2.05, 4.69) is 15.4 Å². The predicted octanol–water partition coefficient (Wildman–Crippen LogP) is 1.28. The fourth-order valence-electron chi connectivity index (χ4n) is 2.17. The number of aromatic hydroxyl groups is 1. The number of phenolic OH excluding ortho intramolecular Hbond substituents is 1. The minimum absolute atomic E-state index is 0.0400. The van der Waals surface area contributed by atoms with Gasteiger partial charge in [-0.15, -0.1) is 0 Å². The maximum Gasteiger partial charge on any atom is 0.352 e. The summed E-state index contributed by atoms with van der Waals surface area (Å²) >= 11 is 0. The van der Waals surface area contributed by atoms with E-state index >= 15 is 0 Å². The molecule has 0 spiro atoms. The van der Waals surface area contributed by atoms with E-state index in [9.17, 15) is 9.90 Å². The first-order valence-electron chi connectivity index (χ1n) is 5.99. The van der Waals surface area contributed by atoms with Gasteiger partial charge in [0.05, 0.1) is 0 Å². The van der Waals surface area contributed by atoms with Crippen LogP contribution in [0, 0.1) is 6.92 Å². The second-order valence-corrected chi connectivity index (χ2v) is 4.48. The van der Waals surface area contributed by atoms with E-state index in [1.54, 1.807) is 35.9 Å². The van der Waals surface area contributed by atoms with E-state index in [-0.39, 0.29) is 11.4 Å². The highest BCUT2D eigenvalue weighted by molar-refractivity contribution is 5.90. The summed E-state index contributed by atoms with van der Waals surface area (Å²) in [5.41, 5.74) is 0.773. The maximum atomic E-state index is 11.2. The zero-order valence-corrected chi connectivity index (χ0v) is 10.6. The third-order valence-electron chi connectivity index (χ3n) is 3.01. The van der Waals surface area contributed by atoms with Crippen LogP contribution in [0.2, 0.25) is 0 Å². The van der Waals surface area contributed by atoms with Crippen molar-refractivity contribution in [3.8, 4) is 5.75 Å². The van der Waals surface area contributed by atoms with E-state index in [4.69, 9.17) is 5.11 Å². The minimum atomic E-state index is -1.07. The summed E-state index contributed by atoms with van der Waals surface area (Å²) in [6.45, 7) is 1.73. The molecule has 1 atom stereocenters. The summed E-state index contributed by atoms with van der Waals surface area (Å²) in [6, 6.07) is 6.20. The normalized spacial score (nSPS) is 17.1. The molecule has 0 unspecified atom stereocenters. The van der Waals surface area contributed by atoms with Crippen LogP contribution in [0.1, 0.15) is 17.4 Å². The molecule has 0 amide bonds. The Kier molecular flexibility index (Phi) is 2.67. The topological polar surface area (TPSA) is 100 Å². The number of benzene rings is 1. The van der Waals surface area contributed by atoms with Crippen molar-refractivity contribution in [1.82, 2.24) is 14.8 Å². The van der Waals surface area contributed by atoms with E-state index in [0.29, 0.717) is 11.8 Å². The van der Waals surface area contributed by atoms with Crippen LogP contribution in [0.3, 0.4) is 0 Å². The molecule has 102 valence electrons. The van der Waals surface area contributed by atoms with Gasteiger partial charge in [-0.2, -0.15) is 10.1 Å². The third kappa shape index (κ3) is 1.99. The Bertz CT molecular complexity index is 720. The molecule has 0 bridgehead atoms. The molecule has 0 radical (unpaired) electrons. The van der Waals surface area contributed by atoms with E-state index in [1.807, 2.05) is 0 Å². The molecule has 7 nitrogen and oxygen atoms in total. The van der Waals surface area contributed by atoms with Gasteiger partial charge in [-0.25, -0.2) is 9.48 Å². The van der Waals surface area contributed by atoms with Crippen molar-refractivity contribution in [2.24, 2.45) is 0 Å². The number of carbonyl (C=O) groups is 1. The Morgan fingerprint density at radius 3 is 2.95 bits per heavy atom. The average molecular weight is 272 g/mol. The van der Waals surface area contributed by atoms with Crippen molar-refractivity contribution in [2.45, 2.75) is 13.0 Å². The Hall–Kier alpha value is -2.83. The molecule has 7 heteroatoms. The smallest absolute Gasteiger partial charge is 0.352 e.